The summed E-state index contributed by atoms with van der Waals surface area (Å²) < 4.78 is 17.0. The van der Waals surface area contributed by atoms with E-state index in [2.05, 4.69) is 0 Å². The predicted octanol–water partition coefficient (Wildman–Crippen LogP) is -6.52. The first kappa shape index (κ1) is 22.7. The van der Waals surface area contributed by atoms with E-state index in [0.29, 0.717) is 0 Å². The monoisotopic (exact) mass is 330 g/mol. The van der Waals surface area contributed by atoms with Gasteiger partial charge in [0.05, 0.1) is 0 Å². The van der Waals surface area contributed by atoms with Gasteiger partial charge in [-0.2, -0.15) is 0 Å². The van der Waals surface area contributed by atoms with Crippen LogP contribution >= 0.6 is 0 Å². The average molecular weight is 330 g/mol. The van der Waals surface area contributed by atoms with Gasteiger partial charge in [-0.1, -0.05) is 0 Å². The van der Waals surface area contributed by atoms with Crippen LogP contribution in [-0.4, -0.2) is 105 Å². The van der Waals surface area contributed by atoms with Crippen molar-refractivity contribution < 1.29 is 28.1 Å². The summed E-state index contributed by atoms with van der Waals surface area (Å²) in [6, 6.07) is 0. The van der Waals surface area contributed by atoms with E-state index in [0.717, 1.165) is 0 Å². The Labute approximate surface area is 130 Å². The summed E-state index contributed by atoms with van der Waals surface area (Å²) >= 11 is 0. The summed E-state index contributed by atoms with van der Waals surface area (Å²) in [7, 11) is -7.26. The molecule has 0 N–H and O–H groups in total. The van der Waals surface area contributed by atoms with Gasteiger partial charge in [0.15, 0.2) is 0 Å². The van der Waals surface area contributed by atoms with Crippen LogP contribution in [0.4, 0.5) is 0 Å². The molecule has 0 rings (SSSR count). The molecule has 0 aliphatic carbocycles. The Bertz CT molecular complexity index is 73.7. The van der Waals surface area contributed by atoms with Crippen LogP contribution in [0.15, 0.2) is 0 Å². The summed E-state index contributed by atoms with van der Waals surface area (Å²) in [6.07, 6.45) is 0. The molecule has 0 fully saturated rings. The SMILES string of the molecule is O=[Si]([O-])[O-].O=[Si]([O-])[O-].[Ba+2].[Ca+2]. The molecule has 0 saturated carbocycles. The largest absolute Gasteiger partial charge is 2.00 e. The number of hydrogen-bond donors (Lipinski definition) is 0. The van der Waals surface area contributed by atoms with E-state index in [1.54, 1.807) is 0 Å². The van der Waals surface area contributed by atoms with E-state index in [1.807, 2.05) is 0 Å². The first-order valence-electron chi connectivity index (χ1n) is 1.22. The molecule has 0 amide bonds. The van der Waals surface area contributed by atoms with Crippen molar-refractivity contribution in [3.63, 3.8) is 0 Å². The Balaban J connectivity index is -0.0000000300. The van der Waals surface area contributed by atoms with Crippen LogP contribution in [0.5, 0.6) is 0 Å². The van der Waals surface area contributed by atoms with Crippen LogP contribution in [0.25, 0.3) is 0 Å². The zero-order valence-electron chi connectivity index (χ0n) is 4.86. The van der Waals surface area contributed by atoms with Crippen LogP contribution in [0.1, 0.15) is 0 Å². The standard InChI is InChI=1S/Ba.Ca.2O3Si/c;;2*1-4(2)3/q2*+2;2*-2. The molecule has 0 atom stereocenters. The third kappa shape index (κ3) is 194. The van der Waals surface area contributed by atoms with E-state index in [4.69, 9.17) is 28.1 Å². The third-order valence-electron chi connectivity index (χ3n) is 0. The van der Waals surface area contributed by atoms with E-state index in [-0.39, 0.29) is 86.6 Å². The third-order valence-corrected chi connectivity index (χ3v) is 0. The van der Waals surface area contributed by atoms with Crippen LogP contribution in [0.2, 0.25) is 0 Å². The van der Waals surface area contributed by atoms with Crippen molar-refractivity contribution in [2.75, 3.05) is 0 Å². The fourth-order valence-corrected chi connectivity index (χ4v) is 0. The van der Waals surface area contributed by atoms with Crippen LogP contribution in [0, 0.1) is 0 Å². The molecule has 6 nitrogen and oxygen atoms in total. The van der Waals surface area contributed by atoms with Crippen molar-refractivity contribution >= 4 is 105 Å². The van der Waals surface area contributed by atoms with Gasteiger partial charge < -0.3 is 28.1 Å². The second-order valence-corrected chi connectivity index (χ2v) is 1.50. The van der Waals surface area contributed by atoms with Crippen LogP contribution in [0.3, 0.4) is 0 Å². The van der Waals surface area contributed by atoms with Crippen molar-refractivity contribution in [1.29, 1.82) is 0 Å². The van der Waals surface area contributed by atoms with E-state index < -0.39 is 18.3 Å². The molecule has 10 heavy (non-hydrogen) atoms. The Morgan fingerprint density at radius 3 is 0.800 bits per heavy atom. The van der Waals surface area contributed by atoms with E-state index in [1.165, 1.54) is 0 Å². The zero-order chi connectivity index (χ0) is 7.15. The molecule has 0 radical (unpaired) electrons. The van der Waals surface area contributed by atoms with E-state index in [9.17, 15) is 0 Å². The molecule has 0 aromatic rings. The fourth-order valence-electron chi connectivity index (χ4n) is 0. The molecule has 0 aromatic heterocycles. The summed E-state index contributed by atoms with van der Waals surface area (Å²) in [4.78, 5) is 34.1. The van der Waals surface area contributed by atoms with Crippen LogP contribution in [-0.2, 0) is 8.92 Å². The minimum absolute atomic E-state index is 0. The van der Waals surface area contributed by atoms with Gasteiger partial charge in [-0.25, -0.2) is 0 Å². The Morgan fingerprint density at radius 1 is 0.800 bits per heavy atom. The number of hydrogen-bond acceptors (Lipinski definition) is 6. The maximum absolute atomic E-state index is 8.52. The topological polar surface area (TPSA) is 126 Å². The molecule has 0 aliphatic rings. The second kappa shape index (κ2) is 17.2. The minimum Gasteiger partial charge on any atom is -0.672 e. The quantitative estimate of drug-likeness (QED) is 0.407. The Kier molecular flexibility index (Phi) is 39.1. The van der Waals surface area contributed by atoms with Gasteiger partial charge in [0, 0.05) is 18.3 Å². The minimum atomic E-state index is -3.63. The Morgan fingerprint density at radius 2 is 0.800 bits per heavy atom. The molecule has 0 aromatic carbocycles. The van der Waals surface area contributed by atoms with Gasteiger partial charge in [-0.3, -0.25) is 0 Å². The van der Waals surface area contributed by atoms with E-state index >= 15 is 0 Å². The van der Waals surface area contributed by atoms with Gasteiger partial charge in [0.2, 0.25) is 0 Å². The molecule has 48 valence electrons. The molecule has 0 unspecified atom stereocenters. The van der Waals surface area contributed by atoms with Gasteiger partial charge in [-0.15, -0.1) is 0 Å². The summed E-state index contributed by atoms with van der Waals surface area (Å²) in [6.45, 7) is 0. The molecular formula is BaCaO6Si2. The average Bonchev–Trinajstić information content (AvgIpc) is 1.25. The molecule has 0 aliphatic heterocycles. The predicted molar refractivity (Wildman–Crippen MR) is 24.4 cm³/mol. The normalized spacial score (nSPS) is 4.80. The molecule has 10 heteroatoms. The van der Waals surface area contributed by atoms with Crippen molar-refractivity contribution in [3.8, 4) is 0 Å². The second-order valence-electron chi connectivity index (χ2n) is 0.500. The van der Waals surface area contributed by atoms with Crippen molar-refractivity contribution in [1.82, 2.24) is 0 Å². The Hall–Kier alpha value is 2.06. The van der Waals surface area contributed by atoms with Gasteiger partial charge in [0.25, 0.3) is 0 Å². The van der Waals surface area contributed by atoms with Gasteiger partial charge >= 0.3 is 86.6 Å². The number of rotatable bonds is 0. The first-order valence-corrected chi connectivity index (χ1v) is 3.67. The van der Waals surface area contributed by atoms with Crippen molar-refractivity contribution in [2.45, 2.75) is 0 Å². The first-order chi connectivity index (χ1) is 3.46. The molecule has 0 saturated heterocycles. The summed E-state index contributed by atoms with van der Waals surface area (Å²) in [5.74, 6) is 0. The molecule has 0 spiro atoms. The molecule has 0 bridgehead atoms. The van der Waals surface area contributed by atoms with Gasteiger partial charge in [-0.05, 0) is 0 Å². The van der Waals surface area contributed by atoms with Crippen LogP contribution < -0.4 is 19.2 Å². The zero-order valence-corrected chi connectivity index (χ0v) is 13.5. The molecule has 0 heterocycles. The van der Waals surface area contributed by atoms with Crippen molar-refractivity contribution in [3.05, 3.63) is 0 Å². The smallest absolute Gasteiger partial charge is 0.672 e. The molecular weight excluding hydrogens is 330 g/mol. The maximum Gasteiger partial charge on any atom is 2.00 e. The maximum atomic E-state index is 8.52. The summed E-state index contributed by atoms with van der Waals surface area (Å²) in [5.41, 5.74) is 0. The summed E-state index contributed by atoms with van der Waals surface area (Å²) in [5, 5.41) is 0. The van der Waals surface area contributed by atoms with Gasteiger partial charge in [0.1, 0.15) is 0 Å². The fraction of sp³-hybridized carbons (Fsp3) is 0. The van der Waals surface area contributed by atoms with Crippen molar-refractivity contribution in [2.24, 2.45) is 0 Å².